The van der Waals surface area contributed by atoms with Crippen LogP contribution in [0.2, 0.25) is 0 Å². The van der Waals surface area contributed by atoms with E-state index in [-0.39, 0.29) is 12.5 Å². The minimum absolute atomic E-state index is 0.0567. The summed E-state index contributed by atoms with van der Waals surface area (Å²) in [6.07, 6.45) is 1.06. The fraction of sp³-hybridized carbons (Fsp3) is 0.286. The van der Waals surface area contributed by atoms with Crippen LogP contribution in [-0.2, 0) is 17.8 Å². The third-order valence-corrected chi connectivity index (χ3v) is 4.28. The van der Waals surface area contributed by atoms with Gasteiger partial charge in [-0.3, -0.25) is 4.79 Å². The first kappa shape index (κ1) is 18.6. The molecule has 1 N–H and O–H groups in total. The highest BCUT2D eigenvalue weighted by Crippen LogP contribution is 2.19. The van der Waals surface area contributed by atoms with E-state index in [0.29, 0.717) is 24.6 Å². The van der Waals surface area contributed by atoms with Crippen molar-refractivity contribution in [2.24, 2.45) is 0 Å². The molecule has 0 aliphatic carbocycles. The Morgan fingerprint density at radius 3 is 2.78 bits per heavy atom. The number of aromatic nitrogens is 2. The maximum absolute atomic E-state index is 12.1. The average Bonchev–Trinajstić information content (AvgIpc) is 3.14. The number of ether oxygens (including phenoxy) is 1. The first-order chi connectivity index (χ1) is 13.0. The highest BCUT2D eigenvalue weighted by molar-refractivity contribution is 5.76. The number of carbonyl (C=O) groups is 1. The van der Waals surface area contributed by atoms with Gasteiger partial charge in [0.05, 0.1) is 13.7 Å². The Morgan fingerprint density at radius 1 is 1.19 bits per heavy atom. The second kappa shape index (κ2) is 8.49. The minimum atomic E-state index is -0.0567. The molecule has 6 heteroatoms. The molecule has 3 aromatic rings. The number of methoxy groups -OCH3 is 1. The highest BCUT2D eigenvalue weighted by Gasteiger charge is 2.10. The first-order valence-electron chi connectivity index (χ1n) is 8.85. The van der Waals surface area contributed by atoms with Crippen LogP contribution in [-0.4, -0.2) is 23.2 Å². The second-order valence-corrected chi connectivity index (χ2v) is 6.46. The van der Waals surface area contributed by atoms with Crippen molar-refractivity contribution < 1.29 is 14.1 Å². The van der Waals surface area contributed by atoms with E-state index < -0.39 is 0 Å². The third kappa shape index (κ3) is 4.94. The van der Waals surface area contributed by atoms with Crippen molar-refractivity contribution in [2.75, 3.05) is 7.11 Å². The molecule has 0 atom stereocenters. The average molecular weight is 365 g/mol. The molecule has 1 heterocycles. The Kier molecular flexibility index (Phi) is 5.86. The second-order valence-electron chi connectivity index (χ2n) is 6.46. The molecule has 27 heavy (non-hydrogen) atoms. The molecule has 0 aliphatic rings. The van der Waals surface area contributed by atoms with E-state index in [4.69, 9.17) is 9.26 Å². The SMILES string of the molecule is COc1ccc(CCC(=O)NCc2nc(-c3cccc(C)c3)no2)cc1C. The fourth-order valence-corrected chi connectivity index (χ4v) is 2.84. The number of hydrogen-bond acceptors (Lipinski definition) is 5. The van der Waals surface area contributed by atoms with Crippen molar-refractivity contribution in [1.82, 2.24) is 15.5 Å². The van der Waals surface area contributed by atoms with E-state index in [9.17, 15) is 4.79 Å². The van der Waals surface area contributed by atoms with E-state index in [1.165, 1.54) is 0 Å². The van der Waals surface area contributed by atoms with Crippen molar-refractivity contribution in [3.63, 3.8) is 0 Å². The molecule has 0 saturated heterocycles. The van der Waals surface area contributed by atoms with Crippen LogP contribution in [0.3, 0.4) is 0 Å². The Balaban J connectivity index is 1.50. The van der Waals surface area contributed by atoms with Gasteiger partial charge in [0.25, 0.3) is 0 Å². The lowest BCUT2D eigenvalue weighted by Crippen LogP contribution is -2.23. The van der Waals surface area contributed by atoms with Gasteiger partial charge in [-0.2, -0.15) is 4.98 Å². The number of benzene rings is 2. The Labute approximate surface area is 158 Å². The summed E-state index contributed by atoms with van der Waals surface area (Å²) in [5.41, 5.74) is 4.18. The van der Waals surface area contributed by atoms with Gasteiger partial charge in [-0.25, -0.2) is 0 Å². The summed E-state index contributed by atoms with van der Waals surface area (Å²) >= 11 is 0. The molecule has 0 spiro atoms. The van der Waals surface area contributed by atoms with Gasteiger partial charge in [0.15, 0.2) is 0 Å². The van der Waals surface area contributed by atoms with Gasteiger partial charge in [-0.05, 0) is 43.5 Å². The largest absolute Gasteiger partial charge is 0.496 e. The molecule has 0 saturated carbocycles. The van der Waals surface area contributed by atoms with Crippen LogP contribution >= 0.6 is 0 Å². The maximum Gasteiger partial charge on any atom is 0.246 e. The van der Waals surface area contributed by atoms with E-state index in [0.717, 1.165) is 28.0 Å². The lowest BCUT2D eigenvalue weighted by atomic mass is 10.1. The zero-order valence-corrected chi connectivity index (χ0v) is 15.8. The van der Waals surface area contributed by atoms with Gasteiger partial charge in [0.2, 0.25) is 17.6 Å². The number of aryl methyl sites for hydroxylation is 3. The molecule has 0 radical (unpaired) electrons. The van der Waals surface area contributed by atoms with Crippen molar-refractivity contribution in [3.8, 4) is 17.1 Å². The number of hydrogen-bond donors (Lipinski definition) is 1. The Morgan fingerprint density at radius 2 is 2.04 bits per heavy atom. The number of nitrogens with one attached hydrogen (secondary N) is 1. The zero-order chi connectivity index (χ0) is 19.2. The van der Waals surface area contributed by atoms with Crippen molar-refractivity contribution in [3.05, 3.63) is 65.0 Å². The van der Waals surface area contributed by atoms with Crippen LogP contribution in [0.4, 0.5) is 0 Å². The first-order valence-corrected chi connectivity index (χ1v) is 8.85. The normalized spacial score (nSPS) is 10.6. The van der Waals surface area contributed by atoms with Crippen LogP contribution in [0.1, 0.15) is 29.0 Å². The molecule has 0 unspecified atom stereocenters. The van der Waals surface area contributed by atoms with Crippen LogP contribution in [0.15, 0.2) is 47.0 Å². The van der Waals surface area contributed by atoms with Crippen LogP contribution < -0.4 is 10.1 Å². The Bertz CT molecular complexity index is 934. The van der Waals surface area contributed by atoms with E-state index in [2.05, 4.69) is 15.5 Å². The quantitative estimate of drug-likeness (QED) is 0.692. The third-order valence-electron chi connectivity index (χ3n) is 4.28. The highest BCUT2D eigenvalue weighted by atomic mass is 16.5. The number of nitrogens with zero attached hydrogens (tertiary/aromatic N) is 2. The smallest absolute Gasteiger partial charge is 0.246 e. The summed E-state index contributed by atoms with van der Waals surface area (Å²) in [5, 5.41) is 6.80. The number of amides is 1. The lowest BCUT2D eigenvalue weighted by Gasteiger charge is -2.07. The van der Waals surface area contributed by atoms with Gasteiger partial charge < -0.3 is 14.6 Å². The molecule has 140 valence electrons. The molecule has 2 aromatic carbocycles. The topological polar surface area (TPSA) is 77.2 Å². The fourth-order valence-electron chi connectivity index (χ4n) is 2.84. The molecule has 1 aromatic heterocycles. The van der Waals surface area contributed by atoms with E-state index >= 15 is 0 Å². The van der Waals surface area contributed by atoms with Crippen LogP contribution in [0.5, 0.6) is 5.75 Å². The maximum atomic E-state index is 12.1. The molecule has 0 bridgehead atoms. The summed E-state index contributed by atoms with van der Waals surface area (Å²) in [4.78, 5) is 16.4. The van der Waals surface area contributed by atoms with Crippen molar-refractivity contribution in [2.45, 2.75) is 33.2 Å². The van der Waals surface area contributed by atoms with Gasteiger partial charge in [0, 0.05) is 12.0 Å². The predicted molar refractivity (Wildman–Crippen MR) is 102 cm³/mol. The molecule has 6 nitrogen and oxygen atoms in total. The number of carbonyl (C=O) groups excluding carboxylic acids is 1. The summed E-state index contributed by atoms with van der Waals surface area (Å²) in [7, 11) is 1.65. The van der Waals surface area contributed by atoms with Gasteiger partial charge in [-0.15, -0.1) is 0 Å². The zero-order valence-electron chi connectivity index (χ0n) is 15.8. The predicted octanol–water partition coefficient (Wildman–Crippen LogP) is 3.61. The molecule has 1 amide bonds. The standard InChI is InChI=1S/C21H23N3O3/c1-14-5-4-6-17(11-14)21-23-20(27-24-21)13-22-19(25)10-8-16-7-9-18(26-3)15(2)12-16/h4-7,9,11-12H,8,10,13H2,1-3H3,(H,22,25). The summed E-state index contributed by atoms with van der Waals surface area (Å²) in [5.74, 6) is 1.71. The van der Waals surface area contributed by atoms with Crippen LogP contribution in [0.25, 0.3) is 11.4 Å². The van der Waals surface area contributed by atoms with Crippen molar-refractivity contribution in [1.29, 1.82) is 0 Å². The summed E-state index contributed by atoms with van der Waals surface area (Å²) in [6, 6.07) is 13.8. The van der Waals surface area contributed by atoms with E-state index in [1.54, 1.807) is 7.11 Å². The minimum Gasteiger partial charge on any atom is -0.496 e. The molecule has 3 rings (SSSR count). The lowest BCUT2D eigenvalue weighted by molar-refractivity contribution is -0.121. The summed E-state index contributed by atoms with van der Waals surface area (Å²) < 4.78 is 10.5. The Hall–Kier alpha value is -3.15. The molecular formula is C21H23N3O3. The molecule has 0 fully saturated rings. The number of rotatable bonds is 7. The molecule has 0 aliphatic heterocycles. The van der Waals surface area contributed by atoms with Gasteiger partial charge in [0.1, 0.15) is 5.75 Å². The van der Waals surface area contributed by atoms with Crippen molar-refractivity contribution >= 4 is 5.91 Å². The van der Waals surface area contributed by atoms with Crippen LogP contribution in [0, 0.1) is 13.8 Å². The molecular weight excluding hydrogens is 342 g/mol. The van der Waals surface area contributed by atoms with E-state index in [1.807, 2.05) is 56.3 Å². The van der Waals surface area contributed by atoms with Gasteiger partial charge >= 0.3 is 0 Å². The van der Waals surface area contributed by atoms with Gasteiger partial charge in [-0.1, -0.05) is 41.1 Å². The summed E-state index contributed by atoms with van der Waals surface area (Å²) in [6.45, 7) is 4.22. The monoisotopic (exact) mass is 365 g/mol.